The molecule has 0 aliphatic heterocycles. The molecule has 1 heterocycles. The van der Waals surface area contributed by atoms with Gasteiger partial charge < -0.3 is 5.32 Å². The van der Waals surface area contributed by atoms with Gasteiger partial charge in [0, 0.05) is 0 Å². The van der Waals surface area contributed by atoms with Gasteiger partial charge in [-0.2, -0.15) is 15.0 Å². The summed E-state index contributed by atoms with van der Waals surface area (Å²) in [5.41, 5.74) is 1.92. The Morgan fingerprint density at radius 1 is 1.39 bits per heavy atom. The number of benzene rings is 1. The predicted octanol–water partition coefficient (Wildman–Crippen LogP) is 2.49. The van der Waals surface area contributed by atoms with Crippen LogP contribution < -0.4 is 5.32 Å². The van der Waals surface area contributed by atoms with Crippen molar-refractivity contribution in [3.05, 3.63) is 54.9 Å². The highest BCUT2D eigenvalue weighted by molar-refractivity contribution is 5.28. The Kier molecular flexibility index (Phi) is 4.25. The van der Waals surface area contributed by atoms with Crippen LogP contribution in [-0.2, 0) is 0 Å². The van der Waals surface area contributed by atoms with E-state index in [0.717, 1.165) is 24.3 Å². The second kappa shape index (κ2) is 6.12. The van der Waals surface area contributed by atoms with Gasteiger partial charge in [-0.05, 0) is 25.1 Å². The number of aromatic nitrogens is 3. The molecule has 4 heteroatoms. The van der Waals surface area contributed by atoms with Gasteiger partial charge >= 0.3 is 0 Å². The second-order valence-corrected chi connectivity index (χ2v) is 4.03. The maximum atomic E-state index is 4.51. The summed E-state index contributed by atoms with van der Waals surface area (Å²) in [6, 6.07) is 10.1. The van der Waals surface area contributed by atoms with E-state index in [-0.39, 0.29) is 6.04 Å². The van der Waals surface area contributed by atoms with Crippen molar-refractivity contribution in [2.24, 2.45) is 0 Å². The first-order valence-electron chi connectivity index (χ1n) is 6.17. The summed E-state index contributed by atoms with van der Waals surface area (Å²) in [5, 5.41) is 12.2. The van der Waals surface area contributed by atoms with Crippen molar-refractivity contribution in [1.29, 1.82) is 0 Å². The molecule has 0 fully saturated rings. The highest BCUT2D eigenvalue weighted by Gasteiger charge is 2.12. The van der Waals surface area contributed by atoms with Crippen LogP contribution in [-0.4, -0.2) is 21.5 Å². The van der Waals surface area contributed by atoms with Crippen LogP contribution in [0.3, 0.4) is 0 Å². The van der Waals surface area contributed by atoms with Crippen molar-refractivity contribution in [1.82, 2.24) is 20.3 Å². The molecule has 4 nitrogen and oxygen atoms in total. The molecule has 0 radical (unpaired) electrons. The average molecular weight is 242 g/mol. The van der Waals surface area contributed by atoms with Gasteiger partial charge in [0.15, 0.2) is 0 Å². The van der Waals surface area contributed by atoms with Crippen LogP contribution in [0.15, 0.2) is 49.2 Å². The molecule has 94 valence electrons. The van der Waals surface area contributed by atoms with Crippen molar-refractivity contribution < 1.29 is 0 Å². The van der Waals surface area contributed by atoms with Crippen molar-refractivity contribution >= 4 is 0 Å². The summed E-state index contributed by atoms with van der Waals surface area (Å²) in [7, 11) is 0. The number of nitrogens with one attached hydrogen (secondary N) is 1. The molecule has 1 atom stereocenters. The van der Waals surface area contributed by atoms with Crippen molar-refractivity contribution in [2.75, 3.05) is 6.54 Å². The highest BCUT2D eigenvalue weighted by atomic mass is 15.5. The standard InChI is InChI=1S/C14H18N4/c1-3-8-13(15-4-2)14-11-16-18(17-14)12-9-6-5-7-10-12/h3,5-7,9-11,13,15H,1,4,8H2,2H3. The Hall–Kier alpha value is -1.94. The molecule has 1 aromatic heterocycles. The molecule has 0 spiro atoms. The zero-order chi connectivity index (χ0) is 12.8. The van der Waals surface area contributed by atoms with E-state index < -0.39 is 0 Å². The van der Waals surface area contributed by atoms with Crippen LogP contribution in [0.25, 0.3) is 5.69 Å². The monoisotopic (exact) mass is 242 g/mol. The molecule has 0 saturated heterocycles. The molecule has 0 amide bonds. The van der Waals surface area contributed by atoms with Crippen LogP contribution in [0, 0.1) is 0 Å². The Bertz CT molecular complexity index is 490. The molecule has 0 bridgehead atoms. The van der Waals surface area contributed by atoms with E-state index in [1.165, 1.54) is 0 Å². The van der Waals surface area contributed by atoms with E-state index >= 15 is 0 Å². The zero-order valence-corrected chi connectivity index (χ0v) is 10.6. The van der Waals surface area contributed by atoms with Crippen LogP contribution in [0.1, 0.15) is 25.1 Å². The van der Waals surface area contributed by atoms with Crippen LogP contribution in [0.5, 0.6) is 0 Å². The van der Waals surface area contributed by atoms with Crippen LogP contribution >= 0.6 is 0 Å². The summed E-state index contributed by atoms with van der Waals surface area (Å²) in [6.45, 7) is 6.76. The van der Waals surface area contributed by atoms with E-state index in [1.807, 2.05) is 42.6 Å². The Morgan fingerprint density at radius 2 is 2.17 bits per heavy atom. The summed E-state index contributed by atoms with van der Waals surface area (Å²) in [6.07, 6.45) is 4.56. The minimum absolute atomic E-state index is 0.185. The first-order chi connectivity index (χ1) is 8.85. The third-order valence-electron chi connectivity index (χ3n) is 2.71. The fraction of sp³-hybridized carbons (Fsp3) is 0.286. The van der Waals surface area contributed by atoms with Crippen LogP contribution in [0.4, 0.5) is 0 Å². The molecule has 18 heavy (non-hydrogen) atoms. The van der Waals surface area contributed by atoms with Gasteiger partial charge in [0.1, 0.15) is 5.69 Å². The number of nitrogens with zero attached hydrogens (tertiary/aromatic N) is 3. The smallest absolute Gasteiger partial charge is 0.100 e. The van der Waals surface area contributed by atoms with E-state index in [4.69, 9.17) is 0 Å². The molecule has 0 aliphatic rings. The summed E-state index contributed by atoms with van der Waals surface area (Å²) >= 11 is 0. The van der Waals surface area contributed by atoms with Gasteiger partial charge in [0.05, 0.1) is 17.9 Å². The van der Waals surface area contributed by atoms with E-state index in [1.54, 1.807) is 4.80 Å². The Morgan fingerprint density at radius 3 is 2.83 bits per heavy atom. The number of hydrogen-bond donors (Lipinski definition) is 1. The summed E-state index contributed by atoms with van der Waals surface area (Å²) in [4.78, 5) is 1.66. The third-order valence-corrected chi connectivity index (χ3v) is 2.71. The van der Waals surface area contributed by atoms with Crippen molar-refractivity contribution in [3.8, 4) is 5.69 Å². The fourth-order valence-electron chi connectivity index (χ4n) is 1.84. The summed E-state index contributed by atoms with van der Waals surface area (Å²) in [5.74, 6) is 0. The molecule has 2 rings (SSSR count). The first-order valence-corrected chi connectivity index (χ1v) is 6.17. The molecule has 0 aliphatic carbocycles. The molecular formula is C14H18N4. The molecule has 0 saturated carbocycles. The fourth-order valence-corrected chi connectivity index (χ4v) is 1.84. The van der Waals surface area contributed by atoms with E-state index in [9.17, 15) is 0 Å². The molecule has 2 aromatic rings. The highest BCUT2D eigenvalue weighted by Crippen LogP contribution is 2.15. The maximum Gasteiger partial charge on any atom is 0.100 e. The predicted molar refractivity (Wildman–Crippen MR) is 72.6 cm³/mol. The minimum atomic E-state index is 0.185. The lowest BCUT2D eigenvalue weighted by atomic mass is 10.1. The van der Waals surface area contributed by atoms with E-state index in [2.05, 4.69) is 29.0 Å². The molecule has 1 N–H and O–H groups in total. The number of rotatable bonds is 6. The SMILES string of the molecule is C=CCC(NCC)c1cnn(-c2ccccc2)n1. The topological polar surface area (TPSA) is 42.7 Å². The maximum absolute atomic E-state index is 4.51. The van der Waals surface area contributed by atoms with Crippen LogP contribution in [0.2, 0.25) is 0 Å². The minimum Gasteiger partial charge on any atom is -0.309 e. The lowest BCUT2D eigenvalue weighted by Crippen LogP contribution is -2.20. The third kappa shape index (κ3) is 2.84. The second-order valence-electron chi connectivity index (χ2n) is 4.03. The van der Waals surface area contributed by atoms with Crippen molar-refractivity contribution in [3.63, 3.8) is 0 Å². The lowest BCUT2D eigenvalue weighted by molar-refractivity contribution is 0.539. The average Bonchev–Trinajstić information content (AvgIpc) is 2.89. The summed E-state index contributed by atoms with van der Waals surface area (Å²) < 4.78 is 0. The molecule has 1 aromatic carbocycles. The van der Waals surface area contributed by atoms with Gasteiger partial charge in [0.2, 0.25) is 0 Å². The van der Waals surface area contributed by atoms with Gasteiger partial charge in [-0.1, -0.05) is 31.2 Å². The molecular weight excluding hydrogens is 224 g/mol. The number of hydrogen-bond acceptors (Lipinski definition) is 3. The van der Waals surface area contributed by atoms with Gasteiger partial charge in [-0.3, -0.25) is 0 Å². The van der Waals surface area contributed by atoms with Crippen molar-refractivity contribution in [2.45, 2.75) is 19.4 Å². The van der Waals surface area contributed by atoms with Gasteiger partial charge in [-0.25, -0.2) is 0 Å². The van der Waals surface area contributed by atoms with Gasteiger partial charge in [0.25, 0.3) is 0 Å². The molecule has 1 unspecified atom stereocenters. The Labute approximate surface area is 107 Å². The lowest BCUT2D eigenvalue weighted by Gasteiger charge is -2.12. The normalized spacial score (nSPS) is 12.3. The quantitative estimate of drug-likeness (QED) is 0.791. The largest absolute Gasteiger partial charge is 0.309 e. The Balaban J connectivity index is 2.21. The number of para-hydroxylation sites is 1. The van der Waals surface area contributed by atoms with Gasteiger partial charge in [-0.15, -0.1) is 6.58 Å². The zero-order valence-electron chi connectivity index (χ0n) is 10.6. The van der Waals surface area contributed by atoms with E-state index in [0.29, 0.717) is 0 Å². The first kappa shape index (κ1) is 12.5.